The average Bonchev–Trinajstić information content (AvgIpc) is 3.97. The number of nitrogens with one attached hydrogen (secondary N) is 5. The quantitative estimate of drug-likeness (QED) is 0.0498. The van der Waals surface area contributed by atoms with E-state index in [9.17, 15) is 24.6 Å². The van der Waals surface area contributed by atoms with Crippen molar-refractivity contribution in [1.29, 1.82) is 0 Å². The van der Waals surface area contributed by atoms with Gasteiger partial charge in [-0.15, -0.1) is 0 Å². The van der Waals surface area contributed by atoms with Crippen LogP contribution in [0.1, 0.15) is 117 Å². The minimum Gasteiger partial charge on any atom is -0.481 e. The van der Waals surface area contributed by atoms with Gasteiger partial charge in [0.15, 0.2) is 16.3 Å². The molecule has 7 rings (SSSR count). The second-order valence-electron chi connectivity index (χ2n) is 15.0. The fourth-order valence-electron chi connectivity index (χ4n) is 8.78. The number of fused-ring (bicyclic) bond motifs is 9. The van der Waals surface area contributed by atoms with Crippen molar-refractivity contribution in [3.63, 3.8) is 0 Å². The Bertz CT molecular complexity index is 2530. The molecule has 1 aliphatic heterocycles. The molecule has 6 aromatic heterocycles. The maximum Gasteiger partial charge on any atom is 0.303 e. The molecule has 0 amide bonds. The second kappa shape index (κ2) is 16.7. The van der Waals surface area contributed by atoms with Crippen molar-refractivity contribution < 1.29 is 24.5 Å². The zero-order valence-electron chi connectivity index (χ0n) is 33.5. The standard InChI is InChI=1S/C42H52N8O6S/c1-7-24-21(3)29-15-32-25(8-2)22(4)30(46-32)17-36-28(19-57-42-49-41(55)39-40(44-20-43-39)50(42)13-14-56-6)27(10-12-38(53)54)35(48-36)18-34-26(9-11-37(51)52)23(5)31(47-34)16-33(24)45-29/h20,45-48H,7-19H2,1-6H3,(H,43,44)(H,51,52)(H,53,54). The van der Waals surface area contributed by atoms with E-state index in [-0.39, 0.29) is 19.3 Å². The Hall–Kier alpha value is -5.28. The normalized spacial score (nSPS) is 12.9. The van der Waals surface area contributed by atoms with E-state index in [0.717, 1.165) is 75.7 Å². The number of methoxy groups -OCH3 is 1. The summed E-state index contributed by atoms with van der Waals surface area (Å²) in [5.74, 6) is -1.35. The van der Waals surface area contributed by atoms with Crippen molar-refractivity contribution in [2.75, 3.05) is 13.7 Å². The second-order valence-corrected chi connectivity index (χ2v) is 16.0. The van der Waals surface area contributed by atoms with Gasteiger partial charge < -0.3 is 44.4 Å². The molecule has 14 nitrogen and oxygen atoms in total. The summed E-state index contributed by atoms with van der Waals surface area (Å²) in [6.07, 6.45) is 6.18. The SMILES string of the molecule is CCc1c2[nH]c(c1C)Cc1[nH]c(c(C)c1CC)Cc1[nH]c(c(CCC(=O)O)c1CSc1nc(=O)c3[nH]cnc3n1CCOC)Cc1[nH]c(c(C)c1CCC(=O)O)C2. The number of hydrogen-bond acceptors (Lipinski definition) is 7. The third kappa shape index (κ3) is 7.87. The Kier molecular flexibility index (Phi) is 11.7. The lowest BCUT2D eigenvalue weighted by molar-refractivity contribution is -0.138. The maximum atomic E-state index is 13.1. The number of hydrogen-bond donors (Lipinski definition) is 7. The number of carboxylic acids is 2. The van der Waals surface area contributed by atoms with Crippen LogP contribution in [0.15, 0.2) is 16.3 Å². The van der Waals surface area contributed by atoms with Crippen LogP contribution in [0.25, 0.3) is 11.2 Å². The summed E-state index contributed by atoms with van der Waals surface area (Å²) in [7, 11) is 1.62. The van der Waals surface area contributed by atoms with Crippen molar-refractivity contribution in [2.45, 2.75) is 116 Å². The number of ether oxygens (including phenoxy) is 1. The number of imidazole rings is 1. The molecule has 7 heterocycles. The van der Waals surface area contributed by atoms with Crippen molar-refractivity contribution in [3.05, 3.63) is 107 Å². The fourth-order valence-corrected chi connectivity index (χ4v) is 9.88. The monoisotopic (exact) mass is 796 g/mol. The van der Waals surface area contributed by atoms with Crippen LogP contribution >= 0.6 is 11.8 Å². The molecule has 1 aliphatic rings. The van der Waals surface area contributed by atoms with E-state index in [2.05, 4.69) is 69.5 Å². The molecule has 0 aromatic carbocycles. The Morgan fingerprint density at radius 3 is 1.75 bits per heavy atom. The highest BCUT2D eigenvalue weighted by Gasteiger charge is 2.26. The molecule has 0 saturated heterocycles. The Morgan fingerprint density at radius 1 is 0.737 bits per heavy atom. The predicted octanol–water partition coefficient (Wildman–Crippen LogP) is 6.13. The van der Waals surface area contributed by atoms with E-state index >= 15 is 0 Å². The number of aromatic amines is 5. The number of aliphatic carboxylic acids is 2. The van der Waals surface area contributed by atoms with Gasteiger partial charge in [-0.3, -0.25) is 14.4 Å². The van der Waals surface area contributed by atoms with Crippen molar-refractivity contribution in [2.24, 2.45) is 0 Å². The van der Waals surface area contributed by atoms with Gasteiger partial charge in [-0.2, -0.15) is 4.98 Å². The topological polar surface area (TPSA) is 211 Å². The highest BCUT2D eigenvalue weighted by Crippen LogP contribution is 2.35. The van der Waals surface area contributed by atoms with Crippen molar-refractivity contribution >= 4 is 34.9 Å². The molecule has 57 heavy (non-hydrogen) atoms. The summed E-state index contributed by atoms with van der Waals surface area (Å²) in [4.78, 5) is 64.2. The van der Waals surface area contributed by atoms with E-state index < -0.39 is 17.5 Å². The van der Waals surface area contributed by atoms with Crippen LogP contribution in [0, 0.1) is 20.8 Å². The molecule has 0 atom stereocenters. The van der Waals surface area contributed by atoms with Crippen molar-refractivity contribution in [3.8, 4) is 0 Å². The third-order valence-electron chi connectivity index (χ3n) is 11.8. The summed E-state index contributed by atoms with van der Waals surface area (Å²) in [6.45, 7) is 11.6. The summed E-state index contributed by atoms with van der Waals surface area (Å²) >= 11 is 1.42. The number of carboxylic acid groups (broad SMARTS) is 2. The van der Waals surface area contributed by atoms with E-state index in [4.69, 9.17) is 4.74 Å². The zero-order valence-corrected chi connectivity index (χ0v) is 34.4. The predicted molar refractivity (Wildman–Crippen MR) is 219 cm³/mol. The third-order valence-corrected chi connectivity index (χ3v) is 12.8. The maximum absolute atomic E-state index is 13.1. The Labute approximate surface area is 334 Å². The summed E-state index contributed by atoms with van der Waals surface area (Å²) < 4.78 is 7.29. The molecule has 0 unspecified atom stereocenters. The first-order valence-electron chi connectivity index (χ1n) is 19.7. The molecular formula is C42H52N8O6S. The number of H-pyrrole nitrogens is 5. The summed E-state index contributed by atoms with van der Waals surface area (Å²) in [5.41, 5.74) is 17.8. The minimum atomic E-state index is -0.899. The van der Waals surface area contributed by atoms with Gasteiger partial charge >= 0.3 is 11.9 Å². The number of nitrogens with zero attached hydrogens (tertiary/aromatic N) is 3. The lowest BCUT2D eigenvalue weighted by Crippen LogP contribution is -2.18. The van der Waals surface area contributed by atoms with Gasteiger partial charge in [0.05, 0.1) is 19.5 Å². The van der Waals surface area contributed by atoms with Gasteiger partial charge in [0, 0.05) is 96.9 Å². The van der Waals surface area contributed by atoms with Crippen LogP contribution in [0.5, 0.6) is 0 Å². The van der Waals surface area contributed by atoms with Crippen LogP contribution in [0.4, 0.5) is 0 Å². The summed E-state index contributed by atoms with van der Waals surface area (Å²) in [6, 6.07) is 0. The molecular weight excluding hydrogens is 745 g/mol. The molecule has 0 spiro atoms. The molecule has 8 bridgehead atoms. The molecule has 15 heteroatoms. The lowest BCUT2D eigenvalue weighted by atomic mass is 9.97. The number of carbonyl (C=O) groups is 2. The van der Waals surface area contributed by atoms with Crippen LogP contribution in [-0.2, 0) is 78.0 Å². The van der Waals surface area contributed by atoms with Gasteiger partial charge in [-0.1, -0.05) is 25.6 Å². The van der Waals surface area contributed by atoms with Gasteiger partial charge in [0.1, 0.15) is 0 Å². The minimum absolute atomic E-state index is 0.00701. The molecule has 0 fully saturated rings. The van der Waals surface area contributed by atoms with E-state index in [1.165, 1.54) is 51.7 Å². The van der Waals surface area contributed by atoms with Gasteiger partial charge in [-0.05, 0) is 91.0 Å². The molecule has 0 aliphatic carbocycles. The molecule has 302 valence electrons. The van der Waals surface area contributed by atoms with Gasteiger partial charge in [-0.25, -0.2) is 4.98 Å². The molecule has 7 N–H and O–H groups in total. The average molecular weight is 797 g/mol. The van der Waals surface area contributed by atoms with Gasteiger partial charge in [0.2, 0.25) is 0 Å². The first-order chi connectivity index (χ1) is 27.4. The van der Waals surface area contributed by atoms with E-state index in [1.807, 2.05) is 4.57 Å². The van der Waals surface area contributed by atoms with E-state index in [1.54, 1.807) is 7.11 Å². The van der Waals surface area contributed by atoms with Crippen LogP contribution in [-0.4, -0.2) is 75.3 Å². The van der Waals surface area contributed by atoms with Crippen LogP contribution in [0.2, 0.25) is 0 Å². The van der Waals surface area contributed by atoms with Crippen molar-refractivity contribution in [1.82, 2.24) is 39.5 Å². The first-order valence-corrected chi connectivity index (χ1v) is 20.7. The summed E-state index contributed by atoms with van der Waals surface area (Å²) in [5, 5.41) is 20.2. The molecule has 6 aromatic rings. The number of thioether (sulfide) groups is 1. The number of rotatable bonds is 14. The highest BCUT2D eigenvalue weighted by molar-refractivity contribution is 7.98. The first kappa shape index (κ1) is 39.9. The number of aromatic nitrogens is 8. The lowest BCUT2D eigenvalue weighted by Gasteiger charge is -2.14. The molecule has 0 saturated carbocycles. The van der Waals surface area contributed by atoms with E-state index in [0.29, 0.717) is 60.9 Å². The molecule has 0 radical (unpaired) electrons. The smallest absolute Gasteiger partial charge is 0.303 e. The van der Waals surface area contributed by atoms with Gasteiger partial charge in [0.25, 0.3) is 5.56 Å². The van der Waals surface area contributed by atoms with Crippen LogP contribution < -0.4 is 5.56 Å². The highest BCUT2D eigenvalue weighted by atomic mass is 32.2. The zero-order chi connectivity index (χ0) is 40.5. The largest absolute Gasteiger partial charge is 0.481 e. The van der Waals surface area contributed by atoms with Crippen LogP contribution in [0.3, 0.4) is 0 Å². The Balaban J connectivity index is 1.41. The fraction of sp³-hybridized carbons (Fsp3) is 0.452. The Morgan fingerprint density at radius 2 is 1.21 bits per heavy atom.